The monoisotopic (exact) mass is 408 g/mol. The molecule has 2 N–H and O–H groups in total. The van der Waals surface area contributed by atoms with Crippen LogP contribution in [0.4, 0.5) is 4.79 Å². The van der Waals surface area contributed by atoms with Crippen molar-refractivity contribution in [1.29, 1.82) is 0 Å². The van der Waals surface area contributed by atoms with E-state index in [0.29, 0.717) is 19.4 Å². The van der Waals surface area contributed by atoms with Crippen LogP contribution in [0.2, 0.25) is 0 Å². The van der Waals surface area contributed by atoms with Crippen LogP contribution in [0.5, 0.6) is 0 Å². The predicted octanol–water partition coefficient (Wildman–Crippen LogP) is 2.99. The molecule has 2 atom stereocenters. The molecule has 156 valence electrons. The molecule has 30 heavy (non-hydrogen) atoms. The fraction of sp³-hybridized carbons (Fsp3) is 0.348. The third-order valence-electron chi connectivity index (χ3n) is 5.87. The molecule has 7 heteroatoms. The number of amides is 2. The van der Waals surface area contributed by atoms with Gasteiger partial charge in [-0.15, -0.1) is 0 Å². The first-order chi connectivity index (χ1) is 14.5. The van der Waals surface area contributed by atoms with Gasteiger partial charge in [-0.3, -0.25) is 4.79 Å². The number of nitrogens with one attached hydrogen (secondary N) is 1. The van der Waals surface area contributed by atoms with Crippen molar-refractivity contribution in [2.75, 3.05) is 13.2 Å². The van der Waals surface area contributed by atoms with Gasteiger partial charge in [0, 0.05) is 12.5 Å². The molecular weight excluding hydrogens is 384 g/mol. The second-order valence-electron chi connectivity index (χ2n) is 7.72. The Labute approximate surface area is 174 Å². The minimum absolute atomic E-state index is 0.0656. The van der Waals surface area contributed by atoms with Crippen LogP contribution in [0.3, 0.4) is 0 Å². The van der Waals surface area contributed by atoms with Crippen molar-refractivity contribution in [1.82, 2.24) is 10.2 Å². The van der Waals surface area contributed by atoms with Crippen LogP contribution < -0.4 is 5.32 Å². The van der Waals surface area contributed by atoms with Gasteiger partial charge in [-0.1, -0.05) is 48.5 Å². The number of ether oxygens (including phenoxy) is 1. The van der Waals surface area contributed by atoms with Gasteiger partial charge in [-0.25, -0.2) is 9.59 Å². The lowest BCUT2D eigenvalue weighted by Crippen LogP contribution is -2.50. The number of alkyl carbamates (subject to hydrolysis) is 1. The van der Waals surface area contributed by atoms with Gasteiger partial charge in [-0.2, -0.15) is 0 Å². The van der Waals surface area contributed by atoms with Gasteiger partial charge >= 0.3 is 12.1 Å². The lowest BCUT2D eigenvalue weighted by Gasteiger charge is -2.25. The van der Waals surface area contributed by atoms with E-state index in [9.17, 15) is 19.5 Å². The molecule has 2 aliphatic rings. The first kappa shape index (κ1) is 19.9. The maximum Gasteiger partial charge on any atom is 0.407 e. The fourth-order valence-electron chi connectivity index (χ4n) is 4.41. The Morgan fingerprint density at radius 3 is 2.30 bits per heavy atom. The molecule has 7 nitrogen and oxygen atoms in total. The highest BCUT2D eigenvalue weighted by Crippen LogP contribution is 2.44. The largest absolute Gasteiger partial charge is 0.480 e. The van der Waals surface area contributed by atoms with E-state index < -0.39 is 30.1 Å². The van der Waals surface area contributed by atoms with E-state index in [-0.39, 0.29) is 12.5 Å². The smallest absolute Gasteiger partial charge is 0.407 e. The molecule has 1 aliphatic carbocycles. The molecule has 1 aliphatic heterocycles. The van der Waals surface area contributed by atoms with Crippen LogP contribution in [-0.4, -0.2) is 53.2 Å². The van der Waals surface area contributed by atoms with Crippen LogP contribution in [0.1, 0.15) is 36.8 Å². The highest BCUT2D eigenvalue weighted by atomic mass is 16.5. The van der Waals surface area contributed by atoms with Crippen molar-refractivity contribution in [3.05, 3.63) is 59.7 Å². The molecule has 0 unspecified atom stereocenters. The summed E-state index contributed by atoms with van der Waals surface area (Å²) in [5.41, 5.74) is 4.49. The lowest BCUT2D eigenvalue weighted by molar-refractivity contribution is -0.148. The predicted molar refractivity (Wildman–Crippen MR) is 110 cm³/mol. The van der Waals surface area contributed by atoms with Gasteiger partial charge in [0.1, 0.15) is 18.7 Å². The number of hydrogen-bond donors (Lipinski definition) is 2. The van der Waals surface area contributed by atoms with Gasteiger partial charge in [0.05, 0.1) is 0 Å². The van der Waals surface area contributed by atoms with Crippen LogP contribution in [0.25, 0.3) is 11.1 Å². The first-order valence-corrected chi connectivity index (χ1v) is 10.1. The average molecular weight is 408 g/mol. The van der Waals surface area contributed by atoms with E-state index in [1.807, 2.05) is 36.4 Å². The Kier molecular flexibility index (Phi) is 5.44. The van der Waals surface area contributed by atoms with E-state index in [0.717, 1.165) is 22.3 Å². The molecule has 4 rings (SSSR count). The summed E-state index contributed by atoms with van der Waals surface area (Å²) >= 11 is 0. The quantitative estimate of drug-likeness (QED) is 0.793. The zero-order valence-corrected chi connectivity index (χ0v) is 16.7. The normalized spacial score (nSPS) is 18.4. The fourth-order valence-corrected chi connectivity index (χ4v) is 4.41. The summed E-state index contributed by atoms with van der Waals surface area (Å²) in [4.78, 5) is 37.5. The second-order valence-corrected chi connectivity index (χ2v) is 7.72. The number of fused-ring (bicyclic) bond motifs is 3. The van der Waals surface area contributed by atoms with Gasteiger partial charge < -0.3 is 20.1 Å². The molecule has 2 amide bonds. The van der Waals surface area contributed by atoms with E-state index in [4.69, 9.17) is 4.74 Å². The zero-order chi connectivity index (χ0) is 21.3. The molecule has 1 saturated heterocycles. The number of likely N-dealkylation sites (tertiary alicyclic amines) is 1. The van der Waals surface area contributed by atoms with Crippen molar-refractivity contribution in [2.45, 2.75) is 37.8 Å². The van der Waals surface area contributed by atoms with Crippen LogP contribution >= 0.6 is 0 Å². The molecule has 0 saturated carbocycles. The summed E-state index contributed by atoms with van der Waals surface area (Å²) in [5.74, 6) is -1.49. The molecular formula is C23H24N2O5. The number of benzene rings is 2. The third kappa shape index (κ3) is 3.63. The second kappa shape index (κ2) is 8.18. The van der Waals surface area contributed by atoms with Gasteiger partial charge in [0.25, 0.3) is 0 Å². The van der Waals surface area contributed by atoms with Gasteiger partial charge in [-0.05, 0) is 42.0 Å². The van der Waals surface area contributed by atoms with Crippen molar-refractivity contribution in [3.63, 3.8) is 0 Å². The Hall–Kier alpha value is -3.35. The SMILES string of the molecule is C[C@@H](NC(=O)OCC1c2ccccc2-c2ccccc21)C(=O)N1CCC[C@@H]1C(=O)O. The Balaban J connectivity index is 1.38. The summed E-state index contributed by atoms with van der Waals surface area (Å²) < 4.78 is 5.46. The number of nitrogens with zero attached hydrogens (tertiary/aromatic N) is 1. The Morgan fingerprint density at radius 1 is 1.10 bits per heavy atom. The van der Waals surface area contributed by atoms with Crippen LogP contribution in [-0.2, 0) is 14.3 Å². The number of aliphatic carboxylic acids is 1. The topological polar surface area (TPSA) is 95.9 Å². The summed E-state index contributed by atoms with van der Waals surface area (Å²) in [6, 6.07) is 14.4. The molecule has 0 radical (unpaired) electrons. The highest BCUT2D eigenvalue weighted by Gasteiger charge is 2.36. The summed E-state index contributed by atoms with van der Waals surface area (Å²) in [6.45, 7) is 2.08. The number of rotatable bonds is 5. The molecule has 1 fully saturated rings. The van der Waals surface area contributed by atoms with Crippen molar-refractivity contribution in [2.24, 2.45) is 0 Å². The van der Waals surface area contributed by atoms with Crippen LogP contribution in [0, 0.1) is 0 Å². The number of carbonyl (C=O) groups excluding carboxylic acids is 2. The van der Waals surface area contributed by atoms with Gasteiger partial charge in [0.15, 0.2) is 0 Å². The number of hydrogen-bond acceptors (Lipinski definition) is 4. The molecule has 0 spiro atoms. The summed E-state index contributed by atoms with van der Waals surface area (Å²) in [7, 11) is 0. The van der Waals surface area contributed by atoms with Crippen molar-refractivity contribution in [3.8, 4) is 11.1 Å². The molecule has 1 heterocycles. The molecule has 2 aromatic rings. The highest BCUT2D eigenvalue weighted by molar-refractivity contribution is 5.89. The third-order valence-corrected chi connectivity index (χ3v) is 5.87. The summed E-state index contributed by atoms with van der Waals surface area (Å²) in [6.07, 6.45) is 0.378. The minimum atomic E-state index is -1.02. The van der Waals surface area contributed by atoms with E-state index >= 15 is 0 Å². The van der Waals surface area contributed by atoms with E-state index in [1.165, 1.54) is 4.90 Å². The minimum Gasteiger partial charge on any atom is -0.480 e. The maximum atomic E-state index is 12.6. The van der Waals surface area contributed by atoms with Crippen LogP contribution in [0.15, 0.2) is 48.5 Å². The Bertz CT molecular complexity index is 944. The van der Waals surface area contributed by atoms with E-state index in [2.05, 4.69) is 17.4 Å². The van der Waals surface area contributed by atoms with Crippen molar-refractivity contribution < 1.29 is 24.2 Å². The number of carbonyl (C=O) groups is 3. The Morgan fingerprint density at radius 2 is 1.70 bits per heavy atom. The molecule has 0 bridgehead atoms. The standard InChI is InChI=1S/C23H24N2O5/c1-14(21(26)25-12-6-11-20(25)22(27)28)24-23(29)30-13-19-17-9-4-2-7-15(17)16-8-3-5-10-18(16)19/h2-5,7-10,14,19-20H,6,11-13H2,1H3,(H,24,29)(H,27,28)/t14-,20-/m1/s1. The van der Waals surface area contributed by atoms with E-state index in [1.54, 1.807) is 6.92 Å². The molecule has 0 aromatic heterocycles. The number of carboxylic acid groups (broad SMARTS) is 1. The van der Waals surface area contributed by atoms with Gasteiger partial charge in [0.2, 0.25) is 5.91 Å². The lowest BCUT2D eigenvalue weighted by atomic mass is 9.98. The first-order valence-electron chi connectivity index (χ1n) is 10.1. The maximum absolute atomic E-state index is 12.6. The zero-order valence-electron chi connectivity index (χ0n) is 16.7. The summed E-state index contributed by atoms with van der Waals surface area (Å²) in [5, 5.41) is 11.8. The average Bonchev–Trinajstić information content (AvgIpc) is 3.35. The van der Waals surface area contributed by atoms with Crippen molar-refractivity contribution >= 4 is 18.0 Å². The number of carboxylic acids is 1. The molecule has 2 aromatic carbocycles.